The molecule has 2 aromatic carbocycles. The molecule has 0 bridgehead atoms. The minimum Gasteiger partial charge on any atom is -0.367 e. The molecule has 0 aliphatic heterocycles. The number of amides is 2. The molecule has 2 amide bonds. The summed E-state index contributed by atoms with van der Waals surface area (Å²) in [6, 6.07) is 16.8. The highest BCUT2D eigenvalue weighted by molar-refractivity contribution is 6.00. The third kappa shape index (κ3) is 5.07. The van der Waals surface area contributed by atoms with Gasteiger partial charge in [-0.1, -0.05) is 36.0 Å². The third-order valence-electron chi connectivity index (χ3n) is 5.13. The molecular formula is C25H23N5O3. The van der Waals surface area contributed by atoms with Gasteiger partial charge >= 0.3 is 0 Å². The molecule has 33 heavy (non-hydrogen) atoms. The summed E-state index contributed by atoms with van der Waals surface area (Å²) in [4.78, 5) is 28.1. The average molecular weight is 441 g/mol. The lowest BCUT2D eigenvalue weighted by Gasteiger charge is -2.09. The molecule has 4 rings (SSSR count). The molecule has 0 atom stereocenters. The number of nitrogen functional groups attached to an aromatic ring is 1. The first-order valence-electron chi connectivity index (χ1n) is 10.4. The topological polar surface area (TPSA) is 123 Å². The maximum atomic E-state index is 12.4. The van der Waals surface area contributed by atoms with Crippen molar-refractivity contribution in [3.05, 3.63) is 78.5 Å². The molecule has 0 spiro atoms. The molecule has 2 aromatic heterocycles. The van der Waals surface area contributed by atoms with Crippen molar-refractivity contribution in [2.24, 2.45) is 0 Å². The van der Waals surface area contributed by atoms with E-state index >= 15 is 0 Å². The van der Waals surface area contributed by atoms with Gasteiger partial charge in [0, 0.05) is 29.1 Å². The van der Waals surface area contributed by atoms with Gasteiger partial charge < -0.3 is 20.9 Å². The average Bonchev–Trinajstić information content (AvgIpc) is 3.18. The summed E-state index contributed by atoms with van der Waals surface area (Å²) in [7, 11) is 0. The minimum absolute atomic E-state index is 0.0859. The SMILES string of the molecule is C=CC(=O)Nc1ccc(CCC(=O)Nc2ccc(-c3cc(C)nc4noc(N)c34)cc2)cc1. The van der Waals surface area contributed by atoms with E-state index in [1.54, 1.807) is 12.1 Å². The summed E-state index contributed by atoms with van der Waals surface area (Å²) in [6.07, 6.45) is 2.13. The number of pyridine rings is 1. The van der Waals surface area contributed by atoms with Crippen molar-refractivity contribution in [3.63, 3.8) is 0 Å². The Morgan fingerprint density at radius 2 is 1.73 bits per heavy atom. The van der Waals surface area contributed by atoms with E-state index in [1.807, 2.05) is 49.4 Å². The number of carbonyl (C=O) groups is 2. The van der Waals surface area contributed by atoms with Crippen LogP contribution < -0.4 is 16.4 Å². The van der Waals surface area contributed by atoms with Gasteiger partial charge in [0.2, 0.25) is 23.3 Å². The van der Waals surface area contributed by atoms with Crippen molar-refractivity contribution in [1.29, 1.82) is 0 Å². The normalized spacial score (nSPS) is 10.7. The van der Waals surface area contributed by atoms with Gasteiger partial charge in [-0.15, -0.1) is 0 Å². The standard InChI is InChI=1S/C25H23N5O3/c1-3-21(31)28-18-9-4-16(5-10-18)6-13-22(32)29-19-11-7-17(8-12-19)20-14-15(2)27-25-23(20)24(26)33-30-25/h3-5,7-12,14H,1,6,13,26H2,2H3,(H,28,31)(H,29,32). The van der Waals surface area contributed by atoms with E-state index in [-0.39, 0.29) is 17.7 Å². The zero-order chi connectivity index (χ0) is 23.4. The number of fused-ring (bicyclic) bond motifs is 1. The molecule has 8 heteroatoms. The molecule has 0 radical (unpaired) electrons. The molecule has 0 saturated heterocycles. The van der Waals surface area contributed by atoms with Crippen molar-refractivity contribution in [2.45, 2.75) is 19.8 Å². The predicted molar refractivity (Wildman–Crippen MR) is 129 cm³/mol. The number of aromatic nitrogens is 2. The van der Waals surface area contributed by atoms with Crippen LogP contribution in [0, 0.1) is 6.92 Å². The summed E-state index contributed by atoms with van der Waals surface area (Å²) in [6.45, 7) is 5.31. The van der Waals surface area contributed by atoms with Gasteiger partial charge in [0.15, 0.2) is 0 Å². The quantitative estimate of drug-likeness (QED) is 0.364. The van der Waals surface area contributed by atoms with Crippen LogP contribution in [-0.2, 0) is 16.0 Å². The number of hydrogen-bond donors (Lipinski definition) is 3. The Balaban J connectivity index is 1.38. The van der Waals surface area contributed by atoms with E-state index in [9.17, 15) is 9.59 Å². The maximum Gasteiger partial charge on any atom is 0.247 e. The smallest absolute Gasteiger partial charge is 0.247 e. The highest BCUT2D eigenvalue weighted by Crippen LogP contribution is 2.32. The van der Waals surface area contributed by atoms with E-state index in [0.29, 0.717) is 35.2 Å². The number of anilines is 3. The van der Waals surface area contributed by atoms with Crippen LogP contribution in [-0.4, -0.2) is 22.0 Å². The van der Waals surface area contributed by atoms with Crippen LogP contribution in [0.25, 0.3) is 22.2 Å². The van der Waals surface area contributed by atoms with Crippen LogP contribution in [0.2, 0.25) is 0 Å². The molecule has 0 saturated carbocycles. The molecule has 0 unspecified atom stereocenters. The third-order valence-corrected chi connectivity index (χ3v) is 5.13. The number of nitrogens with two attached hydrogens (primary N) is 1. The van der Waals surface area contributed by atoms with Gasteiger partial charge in [0.25, 0.3) is 0 Å². The maximum absolute atomic E-state index is 12.4. The van der Waals surface area contributed by atoms with Crippen molar-refractivity contribution in [1.82, 2.24) is 10.1 Å². The number of aryl methyl sites for hydroxylation is 2. The Hall–Kier alpha value is -4.46. The molecule has 2 heterocycles. The summed E-state index contributed by atoms with van der Waals surface area (Å²) in [5.74, 6) is -0.125. The van der Waals surface area contributed by atoms with Crippen molar-refractivity contribution < 1.29 is 14.1 Å². The monoisotopic (exact) mass is 441 g/mol. The largest absolute Gasteiger partial charge is 0.367 e. The van der Waals surface area contributed by atoms with Gasteiger partial charge in [0.1, 0.15) is 0 Å². The minimum atomic E-state index is -0.262. The highest BCUT2D eigenvalue weighted by Gasteiger charge is 2.14. The zero-order valence-corrected chi connectivity index (χ0v) is 18.1. The summed E-state index contributed by atoms with van der Waals surface area (Å²) >= 11 is 0. The molecule has 4 N–H and O–H groups in total. The Labute approximate surface area is 190 Å². The van der Waals surface area contributed by atoms with Gasteiger partial charge in [-0.2, -0.15) is 0 Å². The van der Waals surface area contributed by atoms with Crippen LogP contribution >= 0.6 is 0 Å². The van der Waals surface area contributed by atoms with Crippen LogP contribution in [0.1, 0.15) is 17.7 Å². The van der Waals surface area contributed by atoms with Gasteiger partial charge in [-0.25, -0.2) is 4.98 Å². The molecule has 0 aliphatic carbocycles. The van der Waals surface area contributed by atoms with E-state index in [1.165, 1.54) is 6.08 Å². The van der Waals surface area contributed by atoms with Crippen molar-refractivity contribution in [2.75, 3.05) is 16.4 Å². The van der Waals surface area contributed by atoms with Crippen LogP contribution in [0.15, 0.2) is 71.8 Å². The van der Waals surface area contributed by atoms with Crippen LogP contribution in [0.4, 0.5) is 17.3 Å². The van der Waals surface area contributed by atoms with Crippen LogP contribution in [0.5, 0.6) is 0 Å². The number of benzene rings is 2. The van der Waals surface area contributed by atoms with Gasteiger partial charge in [0.05, 0.1) is 5.39 Å². The van der Waals surface area contributed by atoms with Crippen molar-refractivity contribution in [3.8, 4) is 11.1 Å². The summed E-state index contributed by atoms with van der Waals surface area (Å²) < 4.78 is 5.09. The van der Waals surface area contributed by atoms with E-state index < -0.39 is 0 Å². The van der Waals surface area contributed by atoms with Gasteiger partial charge in [-0.05, 0) is 60.9 Å². The fraction of sp³-hybridized carbons (Fsp3) is 0.120. The van der Waals surface area contributed by atoms with Crippen molar-refractivity contribution >= 4 is 40.1 Å². The fourth-order valence-corrected chi connectivity index (χ4v) is 3.49. The van der Waals surface area contributed by atoms with E-state index in [4.69, 9.17) is 10.3 Å². The highest BCUT2D eigenvalue weighted by atomic mass is 16.5. The van der Waals surface area contributed by atoms with E-state index in [0.717, 1.165) is 22.4 Å². The Morgan fingerprint density at radius 3 is 2.42 bits per heavy atom. The van der Waals surface area contributed by atoms with Crippen LogP contribution in [0.3, 0.4) is 0 Å². The zero-order valence-electron chi connectivity index (χ0n) is 18.1. The lowest BCUT2D eigenvalue weighted by Crippen LogP contribution is -2.12. The summed E-state index contributed by atoms with van der Waals surface area (Å²) in [5.41, 5.74) is 11.4. The first-order valence-corrected chi connectivity index (χ1v) is 10.4. The molecule has 8 nitrogen and oxygen atoms in total. The first-order chi connectivity index (χ1) is 15.9. The number of nitrogens with zero attached hydrogens (tertiary/aromatic N) is 2. The lowest BCUT2D eigenvalue weighted by molar-refractivity contribution is -0.116. The Kier molecular flexibility index (Phi) is 6.17. The second kappa shape index (κ2) is 9.35. The number of rotatable bonds is 7. The number of hydrogen-bond acceptors (Lipinski definition) is 6. The molecular weight excluding hydrogens is 418 g/mol. The summed E-state index contributed by atoms with van der Waals surface area (Å²) in [5, 5.41) is 10.2. The molecule has 0 fully saturated rings. The number of nitrogens with one attached hydrogen (secondary N) is 2. The van der Waals surface area contributed by atoms with E-state index in [2.05, 4.69) is 27.4 Å². The van der Waals surface area contributed by atoms with Gasteiger partial charge in [-0.3, -0.25) is 9.59 Å². The lowest BCUT2D eigenvalue weighted by atomic mass is 10.0. The first kappa shape index (κ1) is 21.8. The Bertz CT molecular complexity index is 1320. The Morgan fingerprint density at radius 1 is 1.06 bits per heavy atom. The fourth-order valence-electron chi connectivity index (χ4n) is 3.49. The second-order valence-electron chi connectivity index (χ2n) is 7.57. The molecule has 166 valence electrons. The number of carbonyl (C=O) groups excluding carboxylic acids is 2. The molecule has 0 aliphatic rings. The second-order valence-corrected chi connectivity index (χ2v) is 7.57. The molecule has 4 aromatic rings. The predicted octanol–water partition coefficient (Wildman–Crippen LogP) is 4.48.